The zero-order valence-corrected chi connectivity index (χ0v) is 16.2. The summed E-state index contributed by atoms with van der Waals surface area (Å²) in [4.78, 5) is 28.5. The van der Waals surface area contributed by atoms with Crippen LogP contribution in [0.2, 0.25) is 5.02 Å². The van der Waals surface area contributed by atoms with Crippen LogP contribution < -0.4 is 10.2 Å². The third-order valence-electron chi connectivity index (χ3n) is 4.87. The van der Waals surface area contributed by atoms with Crippen LogP contribution >= 0.6 is 11.6 Å². The Morgan fingerprint density at radius 2 is 1.67 bits per heavy atom. The van der Waals surface area contributed by atoms with Gasteiger partial charge in [0.1, 0.15) is 0 Å². The van der Waals surface area contributed by atoms with Crippen molar-refractivity contribution in [2.45, 2.75) is 13.3 Å². The highest BCUT2D eigenvalue weighted by atomic mass is 35.5. The molecule has 1 saturated heterocycles. The molecule has 0 spiro atoms. The van der Waals surface area contributed by atoms with Gasteiger partial charge in [0, 0.05) is 36.9 Å². The predicted molar refractivity (Wildman–Crippen MR) is 108 cm³/mol. The number of benzene rings is 2. The van der Waals surface area contributed by atoms with E-state index in [1.165, 1.54) is 0 Å². The highest BCUT2D eigenvalue weighted by Crippen LogP contribution is 2.19. The van der Waals surface area contributed by atoms with Crippen molar-refractivity contribution < 1.29 is 9.59 Å². The van der Waals surface area contributed by atoms with Crippen molar-refractivity contribution in [3.63, 3.8) is 0 Å². The molecular formula is C21H24ClN3O2. The quantitative estimate of drug-likeness (QED) is 0.860. The second-order valence-electron chi connectivity index (χ2n) is 6.72. The van der Waals surface area contributed by atoms with Crippen LogP contribution in [0.5, 0.6) is 0 Å². The van der Waals surface area contributed by atoms with Crippen LogP contribution in [0.25, 0.3) is 0 Å². The molecule has 0 unspecified atom stereocenters. The standard InChI is InChI=1S/C21H24ClN3O2/c1-16-4-2-3-5-17(16)14-20(26)23-15-21(27)25-12-10-24(11-13-25)19-8-6-18(22)7-9-19/h2-9H,10-15H2,1H3,(H,23,26). The molecule has 0 aliphatic carbocycles. The van der Waals surface area contributed by atoms with Crippen LogP contribution in [0.4, 0.5) is 5.69 Å². The fraction of sp³-hybridized carbons (Fsp3) is 0.333. The molecule has 1 heterocycles. The minimum absolute atomic E-state index is 0.0381. The molecule has 5 nitrogen and oxygen atoms in total. The average molecular weight is 386 g/mol. The molecule has 2 amide bonds. The highest BCUT2D eigenvalue weighted by Gasteiger charge is 2.21. The lowest BCUT2D eigenvalue weighted by molar-refractivity contribution is -0.133. The van der Waals surface area contributed by atoms with Crippen molar-refractivity contribution in [1.82, 2.24) is 10.2 Å². The Hall–Kier alpha value is -2.53. The lowest BCUT2D eigenvalue weighted by atomic mass is 10.1. The Labute approximate surface area is 164 Å². The first-order valence-electron chi connectivity index (χ1n) is 9.12. The number of nitrogens with one attached hydrogen (secondary N) is 1. The molecule has 0 radical (unpaired) electrons. The van der Waals surface area contributed by atoms with Crippen LogP contribution in [0, 0.1) is 6.92 Å². The Kier molecular flexibility index (Phi) is 6.35. The second-order valence-corrected chi connectivity index (χ2v) is 7.16. The van der Waals surface area contributed by atoms with Crippen molar-refractivity contribution in [1.29, 1.82) is 0 Å². The smallest absolute Gasteiger partial charge is 0.242 e. The van der Waals surface area contributed by atoms with Crippen LogP contribution in [0.3, 0.4) is 0 Å². The fourth-order valence-electron chi connectivity index (χ4n) is 3.20. The molecule has 0 bridgehead atoms. The maximum absolute atomic E-state index is 12.4. The third-order valence-corrected chi connectivity index (χ3v) is 5.13. The van der Waals surface area contributed by atoms with Gasteiger partial charge in [-0.15, -0.1) is 0 Å². The summed E-state index contributed by atoms with van der Waals surface area (Å²) in [6, 6.07) is 15.5. The fourth-order valence-corrected chi connectivity index (χ4v) is 3.32. The van der Waals surface area contributed by atoms with Crippen molar-refractivity contribution in [2.75, 3.05) is 37.6 Å². The maximum Gasteiger partial charge on any atom is 0.242 e. The van der Waals surface area contributed by atoms with E-state index < -0.39 is 0 Å². The van der Waals surface area contributed by atoms with Crippen molar-refractivity contribution >= 4 is 29.1 Å². The number of piperazine rings is 1. The van der Waals surface area contributed by atoms with Gasteiger partial charge in [0.2, 0.25) is 11.8 Å². The predicted octanol–water partition coefficient (Wildman–Crippen LogP) is 2.66. The zero-order chi connectivity index (χ0) is 19.2. The number of anilines is 1. The van der Waals surface area contributed by atoms with Crippen molar-refractivity contribution in [3.8, 4) is 0 Å². The number of aryl methyl sites for hydroxylation is 1. The monoisotopic (exact) mass is 385 g/mol. The summed E-state index contributed by atoms with van der Waals surface area (Å²) in [6.07, 6.45) is 0.296. The minimum atomic E-state index is -0.127. The summed E-state index contributed by atoms with van der Waals surface area (Å²) in [5.74, 6) is -0.165. The first-order valence-corrected chi connectivity index (χ1v) is 9.50. The van der Waals surface area contributed by atoms with Gasteiger partial charge in [0.05, 0.1) is 13.0 Å². The first kappa shape index (κ1) is 19.2. The number of carbonyl (C=O) groups is 2. The summed E-state index contributed by atoms with van der Waals surface area (Å²) in [5.41, 5.74) is 3.18. The molecule has 0 aromatic heterocycles. The molecule has 0 atom stereocenters. The molecule has 6 heteroatoms. The summed E-state index contributed by atoms with van der Waals surface area (Å²) in [6.45, 7) is 4.86. The van der Waals surface area contributed by atoms with Gasteiger partial charge in [-0.1, -0.05) is 35.9 Å². The highest BCUT2D eigenvalue weighted by molar-refractivity contribution is 6.30. The molecule has 1 N–H and O–H groups in total. The van der Waals surface area contributed by atoms with E-state index in [0.29, 0.717) is 24.5 Å². The van der Waals surface area contributed by atoms with E-state index >= 15 is 0 Å². The molecule has 2 aromatic rings. The van der Waals surface area contributed by atoms with Gasteiger partial charge in [0.25, 0.3) is 0 Å². The number of hydrogen-bond donors (Lipinski definition) is 1. The molecule has 0 saturated carbocycles. The normalized spacial score (nSPS) is 14.1. The zero-order valence-electron chi connectivity index (χ0n) is 15.5. The first-order chi connectivity index (χ1) is 13.0. The van der Waals surface area contributed by atoms with Crippen molar-refractivity contribution in [2.24, 2.45) is 0 Å². The molecule has 142 valence electrons. The van der Waals surface area contributed by atoms with E-state index in [2.05, 4.69) is 10.2 Å². The lowest BCUT2D eigenvalue weighted by Gasteiger charge is -2.36. The second kappa shape index (κ2) is 8.91. The van der Waals surface area contributed by atoms with E-state index in [0.717, 1.165) is 29.9 Å². The maximum atomic E-state index is 12.4. The Morgan fingerprint density at radius 1 is 1.00 bits per heavy atom. The largest absolute Gasteiger partial charge is 0.368 e. The van der Waals surface area contributed by atoms with Crippen LogP contribution in [-0.2, 0) is 16.0 Å². The molecule has 2 aromatic carbocycles. The van der Waals surface area contributed by atoms with Gasteiger partial charge in [-0.25, -0.2) is 0 Å². The molecule has 1 fully saturated rings. The Bertz CT molecular complexity index is 799. The summed E-state index contributed by atoms with van der Waals surface area (Å²) >= 11 is 5.93. The van der Waals surface area contributed by atoms with E-state index in [-0.39, 0.29) is 18.4 Å². The van der Waals surface area contributed by atoms with Crippen molar-refractivity contribution in [3.05, 3.63) is 64.7 Å². The number of hydrogen-bond acceptors (Lipinski definition) is 3. The van der Waals surface area contributed by atoms with Gasteiger partial charge < -0.3 is 15.1 Å². The summed E-state index contributed by atoms with van der Waals surface area (Å²) in [5, 5.41) is 3.46. The number of halogens is 1. The average Bonchev–Trinajstić information content (AvgIpc) is 2.69. The molecular weight excluding hydrogens is 362 g/mol. The van der Waals surface area contributed by atoms with Gasteiger partial charge >= 0.3 is 0 Å². The van der Waals surface area contributed by atoms with E-state index in [4.69, 9.17) is 11.6 Å². The third kappa shape index (κ3) is 5.23. The van der Waals surface area contributed by atoms with Gasteiger partial charge in [-0.2, -0.15) is 0 Å². The van der Waals surface area contributed by atoms with Gasteiger partial charge in [0.15, 0.2) is 0 Å². The molecule has 3 rings (SSSR count). The molecule has 27 heavy (non-hydrogen) atoms. The van der Waals surface area contributed by atoms with Crippen LogP contribution in [0.15, 0.2) is 48.5 Å². The minimum Gasteiger partial charge on any atom is -0.368 e. The SMILES string of the molecule is Cc1ccccc1CC(=O)NCC(=O)N1CCN(c2ccc(Cl)cc2)CC1. The number of amides is 2. The number of rotatable bonds is 5. The summed E-state index contributed by atoms with van der Waals surface area (Å²) in [7, 11) is 0. The van der Waals surface area contributed by atoms with Crippen LogP contribution in [0.1, 0.15) is 11.1 Å². The van der Waals surface area contributed by atoms with E-state index in [1.54, 1.807) is 4.90 Å². The topological polar surface area (TPSA) is 52.7 Å². The summed E-state index contributed by atoms with van der Waals surface area (Å²) < 4.78 is 0. The number of carbonyl (C=O) groups excluding carboxylic acids is 2. The van der Waals surface area contributed by atoms with E-state index in [1.807, 2.05) is 55.5 Å². The number of nitrogens with zero attached hydrogens (tertiary/aromatic N) is 2. The van der Waals surface area contributed by atoms with Gasteiger partial charge in [-0.05, 0) is 42.3 Å². The van der Waals surface area contributed by atoms with Crippen LogP contribution in [-0.4, -0.2) is 49.4 Å². The van der Waals surface area contributed by atoms with E-state index in [9.17, 15) is 9.59 Å². The van der Waals surface area contributed by atoms with Gasteiger partial charge in [-0.3, -0.25) is 9.59 Å². The lowest BCUT2D eigenvalue weighted by Crippen LogP contribution is -2.51. The Balaban J connectivity index is 1.43. The molecule has 1 aliphatic rings. The Morgan fingerprint density at radius 3 is 2.33 bits per heavy atom. The molecule has 1 aliphatic heterocycles.